The van der Waals surface area contributed by atoms with Gasteiger partial charge in [0.2, 0.25) is 0 Å². The third-order valence-corrected chi connectivity index (χ3v) is 10.2. The zero-order chi connectivity index (χ0) is 44.7. The first kappa shape index (κ1) is 56.3. The molecular weight excluding hydrogens is 801 g/mol. The molecule has 0 bridgehead atoms. The predicted octanol–water partition coefficient (Wildman–Crippen LogP) is 9.68. The molecule has 0 saturated carbocycles. The highest BCUT2D eigenvalue weighted by Crippen LogP contribution is 2.26. The van der Waals surface area contributed by atoms with Gasteiger partial charge in [-0.1, -0.05) is 150 Å². The van der Waals surface area contributed by atoms with Crippen LogP contribution in [-0.4, -0.2) is 97.5 Å². The maximum absolute atomic E-state index is 12.9. The molecule has 1 saturated heterocycles. The number of carbonyl (C=O) groups excluding carboxylic acids is 1. The van der Waals surface area contributed by atoms with Crippen molar-refractivity contribution in [3.05, 3.63) is 85.1 Å². The number of carbonyl (C=O) groups is 1. The lowest BCUT2D eigenvalue weighted by molar-refractivity contribution is -0.301. The average Bonchev–Trinajstić information content (AvgIpc) is 3.23. The van der Waals surface area contributed by atoms with Gasteiger partial charge in [-0.15, -0.1) is 0 Å². The van der Waals surface area contributed by atoms with Gasteiger partial charge in [-0.3, -0.25) is 9.35 Å². The van der Waals surface area contributed by atoms with Crippen LogP contribution in [0.3, 0.4) is 0 Å². The molecule has 350 valence electrons. The van der Waals surface area contributed by atoms with Gasteiger partial charge in [-0.05, 0) is 77.0 Å². The Bertz CT molecular complexity index is 1390. The molecule has 1 rings (SSSR count). The van der Waals surface area contributed by atoms with E-state index >= 15 is 0 Å². The van der Waals surface area contributed by atoms with Crippen molar-refractivity contribution in [1.29, 1.82) is 0 Å². The van der Waals surface area contributed by atoms with Crippen LogP contribution in [0.4, 0.5) is 0 Å². The van der Waals surface area contributed by atoms with Crippen molar-refractivity contribution in [3.8, 4) is 0 Å². The summed E-state index contributed by atoms with van der Waals surface area (Å²) in [4.78, 5) is 12.9. The zero-order valence-corrected chi connectivity index (χ0v) is 38.0. The SMILES string of the molecule is CC/C=C\C/C=C\C/C=C\C/C=C\C/C=C\CCOCC(COC1OC(CO)C(O)C(OS(=O)(=O)O)C1O)OC(=O)CCCCCCCCC/C=C\C/C=C\CCCCCC. The van der Waals surface area contributed by atoms with Crippen molar-refractivity contribution in [2.75, 3.05) is 26.4 Å². The first-order valence-electron chi connectivity index (χ1n) is 22.8. The smallest absolute Gasteiger partial charge is 0.397 e. The summed E-state index contributed by atoms with van der Waals surface area (Å²) in [7, 11) is -5.08. The van der Waals surface area contributed by atoms with Crippen LogP contribution in [0, 0.1) is 0 Å². The molecule has 4 N–H and O–H groups in total. The van der Waals surface area contributed by atoms with Gasteiger partial charge in [0.25, 0.3) is 0 Å². The van der Waals surface area contributed by atoms with Crippen LogP contribution in [0.5, 0.6) is 0 Å². The normalized spacial score (nSPS) is 20.9. The number of allylic oxidation sites excluding steroid dienone is 13. The van der Waals surface area contributed by atoms with Gasteiger partial charge in [-0.2, -0.15) is 8.42 Å². The Morgan fingerprint density at radius 3 is 1.66 bits per heavy atom. The molecule has 0 amide bonds. The molecule has 0 radical (unpaired) electrons. The Balaban J connectivity index is 2.49. The fraction of sp³-hybridized carbons (Fsp3) is 0.688. The van der Waals surface area contributed by atoms with Crippen LogP contribution < -0.4 is 0 Å². The number of unbranched alkanes of at least 4 members (excludes halogenated alkanes) is 11. The fourth-order valence-corrected chi connectivity index (χ4v) is 6.86. The summed E-state index contributed by atoms with van der Waals surface area (Å²) in [6, 6.07) is 0. The van der Waals surface area contributed by atoms with E-state index in [4.69, 9.17) is 23.5 Å². The van der Waals surface area contributed by atoms with Gasteiger partial charge in [0, 0.05) is 6.42 Å². The first-order chi connectivity index (χ1) is 29.6. The van der Waals surface area contributed by atoms with Crippen LogP contribution >= 0.6 is 0 Å². The minimum atomic E-state index is -5.08. The standard InChI is InChI=1S/C48H80O12S/c1-3-5-7-9-11-13-15-17-19-21-22-23-25-27-29-31-33-35-37-44(50)58-42(41-57-48-46(52)47(60-61(53,54)55)45(51)43(39-49)59-48)40-56-38-36-34-32-30-28-26-24-20-18-16-14-12-10-8-6-4-2/h6,8,12-15,18-21,26,28,32,34,42-43,45-49,51-52H,3-5,7,9-11,16-17,22-25,27,29-31,33,35-41H2,1-2H3,(H,53,54,55)/b8-6-,14-12-,15-13-,20-18-,21-19-,28-26-,34-32-. The Morgan fingerprint density at radius 1 is 0.639 bits per heavy atom. The van der Waals surface area contributed by atoms with Crippen LogP contribution in [-0.2, 0) is 38.3 Å². The van der Waals surface area contributed by atoms with Gasteiger partial charge in [-0.25, -0.2) is 4.18 Å². The van der Waals surface area contributed by atoms with Crippen molar-refractivity contribution in [3.63, 3.8) is 0 Å². The van der Waals surface area contributed by atoms with Gasteiger partial charge < -0.3 is 34.3 Å². The van der Waals surface area contributed by atoms with Crippen LogP contribution in [0.15, 0.2) is 85.1 Å². The van der Waals surface area contributed by atoms with E-state index in [2.05, 4.69) is 90.9 Å². The lowest BCUT2D eigenvalue weighted by Gasteiger charge is -2.41. The molecule has 0 aromatic heterocycles. The van der Waals surface area contributed by atoms with Crippen molar-refractivity contribution in [2.24, 2.45) is 0 Å². The van der Waals surface area contributed by atoms with Crippen molar-refractivity contribution >= 4 is 16.4 Å². The highest BCUT2D eigenvalue weighted by molar-refractivity contribution is 7.80. The molecule has 1 heterocycles. The Labute approximate surface area is 368 Å². The molecule has 0 aromatic rings. The maximum atomic E-state index is 12.9. The molecule has 0 spiro atoms. The number of aliphatic hydroxyl groups excluding tert-OH is 3. The zero-order valence-electron chi connectivity index (χ0n) is 37.2. The largest absolute Gasteiger partial charge is 0.457 e. The molecule has 6 atom stereocenters. The van der Waals surface area contributed by atoms with Gasteiger partial charge in [0.05, 0.1) is 26.4 Å². The fourth-order valence-electron chi connectivity index (χ4n) is 6.35. The van der Waals surface area contributed by atoms with E-state index < -0.39 is 59.8 Å². The molecule has 0 aromatic carbocycles. The minimum absolute atomic E-state index is 0.0265. The monoisotopic (exact) mass is 881 g/mol. The molecule has 1 fully saturated rings. The number of hydrogen-bond donors (Lipinski definition) is 4. The summed E-state index contributed by atoms with van der Waals surface area (Å²) in [5.41, 5.74) is 0. The van der Waals surface area contributed by atoms with Crippen LogP contribution in [0.25, 0.3) is 0 Å². The average molecular weight is 881 g/mol. The van der Waals surface area contributed by atoms with E-state index in [1.165, 1.54) is 44.9 Å². The maximum Gasteiger partial charge on any atom is 0.397 e. The van der Waals surface area contributed by atoms with Crippen molar-refractivity contribution in [1.82, 2.24) is 0 Å². The minimum Gasteiger partial charge on any atom is -0.457 e. The summed E-state index contributed by atoms with van der Waals surface area (Å²) in [5.74, 6) is -0.436. The molecular formula is C48H80O12S. The van der Waals surface area contributed by atoms with E-state index in [1.54, 1.807) is 0 Å². The van der Waals surface area contributed by atoms with Crippen molar-refractivity contribution < 1.29 is 56.2 Å². The molecule has 12 nitrogen and oxygen atoms in total. The van der Waals surface area contributed by atoms with Crippen LogP contribution in [0.2, 0.25) is 0 Å². The Kier molecular flexibility index (Phi) is 35.9. The van der Waals surface area contributed by atoms with Crippen molar-refractivity contribution in [2.45, 2.75) is 185 Å². The second-order valence-corrected chi connectivity index (χ2v) is 16.3. The predicted molar refractivity (Wildman–Crippen MR) is 243 cm³/mol. The summed E-state index contributed by atoms with van der Waals surface area (Å²) < 4.78 is 58.9. The topological polar surface area (TPSA) is 178 Å². The summed E-state index contributed by atoms with van der Waals surface area (Å²) in [5, 5.41) is 30.7. The number of aliphatic hydroxyl groups is 3. The molecule has 0 aliphatic carbocycles. The number of hydrogen-bond acceptors (Lipinski definition) is 11. The lowest BCUT2D eigenvalue weighted by atomic mass is 9.99. The molecule has 61 heavy (non-hydrogen) atoms. The summed E-state index contributed by atoms with van der Waals surface area (Å²) in [6.07, 6.45) is 42.1. The Hall–Kier alpha value is -2.72. The van der Waals surface area contributed by atoms with Gasteiger partial charge in [0.1, 0.15) is 30.5 Å². The first-order valence-corrected chi connectivity index (χ1v) is 24.2. The van der Waals surface area contributed by atoms with Gasteiger partial charge >= 0.3 is 16.4 Å². The van der Waals surface area contributed by atoms with E-state index in [1.807, 2.05) is 12.2 Å². The van der Waals surface area contributed by atoms with Crippen LogP contribution in [0.1, 0.15) is 149 Å². The highest BCUT2D eigenvalue weighted by Gasteiger charge is 2.48. The number of rotatable bonds is 38. The second-order valence-electron chi connectivity index (χ2n) is 15.3. The number of ether oxygens (including phenoxy) is 4. The molecule has 1 aliphatic heterocycles. The van der Waals surface area contributed by atoms with Gasteiger partial charge in [0.15, 0.2) is 6.29 Å². The quantitative estimate of drug-likeness (QED) is 0.0200. The molecule has 13 heteroatoms. The lowest BCUT2D eigenvalue weighted by Crippen LogP contribution is -2.60. The third-order valence-electron chi connectivity index (χ3n) is 9.77. The van der Waals surface area contributed by atoms with E-state index in [0.717, 1.165) is 70.6 Å². The highest BCUT2D eigenvalue weighted by atomic mass is 32.3. The number of esters is 1. The van der Waals surface area contributed by atoms with E-state index in [9.17, 15) is 28.5 Å². The summed E-state index contributed by atoms with van der Waals surface area (Å²) in [6.45, 7) is 3.61. The Morgan fingerprint density at radius 2 is 1.13 bits per heavy atom. The molecule has 1 aliphatic rings. The van der Waals surface area contributed by atoms with E-state index in [0.29, 0.717) is 19.4 Å². The second kappa shape index (κ2) is 38.9. The third kappa shape index (κ3) is 32.6. The van der Waals surface area contributed by atoms with E-state index in [-0.39, 0.29) is 19.6 Å². The summed E-state index contributed by atoms with van der Waals surface area (Å²) >= 11 is 0. The molecule has 6 unspecified atom stereocenters.